The molecular formula is C22H26ClN5O6S. The molecular weight excluding hydrogens is 498 g/mol. The number of hydrogen-bond donors (Lipinski definition) is 5. The molecule has 1 aliphatic heterocycles. The Kier molecular flexibility index (Phi) is 9.34. The number of rotatable bonds is 10. The number of aliphatic carboxylic acids is 1. The number of hydrogen-bond acceptors (Lipinski definition) is 7. The second kappa shape index (κ2) is 11.8. The number of sulfonamides is 1. The molecule has 0 fully saturated rings. The van der Waals surface area contributed by atoms with Crippen LogP contribution in [0.3, 0.4) is 0 Å². The van der Waals surface area contributed by atoms with Gasteiger partial charge in [0.05, 0.1) is 17.0 Å². The second-order valence-corrected chi connectivity index (χ2v) is 9.51. The van der Waals surface area contributed by atoms with Gasteiger partial charge in [0, 0.05) is 18.5 Å². The molecule has 2 aromatic rings. The summed E-state index contributed by atoms with van der Waals surface area (Å²) in [5, 5.41) is 23.3. The standard InChI is InChI=1S/C22H25N5O6S.ClH/c1-13-3-2-4-17(9-13)34(31,32)27-19(22(29)30)12-25-20(28)11-16-10-18(26-33-16)14-5-7-15(8-6-14)21(23)24;/h2-9,16,19,27H,10-12H2,1H3,(H3,23,24)(H,25,28)(H,29,30);1H/t16-,19-;/m0./s1. The summed E-state index contributed by atoms with van der Waals surface area (Å²) in [6, 6.07) is 11.4. The van der Waals surface area contributed by atoms with E-state index in [4.69, 9.17) is 16.0 Å². The van der Waals surface area contributed by atoms with Gasteiger partial charge in [0.2, 0.25) is 15.9 Å². The summed E-state index contributed by atoms with van der Waals surface area (Å²) in [5.41, 5.74) is 8.12. The van der Waals surface area contributed by atoms with E-state index in [0.29, 0.717) is 23.3 Å². The van der Waals surface area contributed by atoms with Crippen molar-refractivity contribution in [2.45, 2.75) is 36.8 Å². The van der Waals surface area contributed by atoms with Crippen LogP contribution in [0, 0.1) is 12.3 Å². The number of nitrogen functional groups attached to an aromatic ring is 1. The van der Waals surface area contributed by atoms with Gasteiger partial charge in [0.25, 0.3) is 0 Å². The van der Waals surface area contributed by atoms with Gasteiger partial charge >= 0.3 is 5.97 Å². The Bertz CT molecular complexity index is 1230. The van der Waals surface area contributed by atoms with Crippen molar-refractivity contribution in [2.75, 3.05) is 6.54 Å². The predicted molar refractivity (Wildman–Crippen MR) is 131 cm³/mol. The van der Waals surface area contributed by atoms with Gasteiger partial charge in [-0.2, -0.15) is 4.72 Å². The summed E-state index contributed by atoms with van der Waals surface area (Å²) in [5.74, 6) is -1.98. The monoisotopic (exact) mass is 523 g/mol. The zero-order valence-electron chi connectivity index (χ0n) is 18.7. The van der Waals surface area contributed by atoms with Crippen molar-refractivity contribution in [2.24, 2.45) is 10.9 Å². The highest BCUT2D eigenvalue weighted by Gasteiger charge is 2.28. The third-order valence-corrected chi connectivity index (χ3v) is 6.54. The average molecular weight is 524 g/mol. The maximum Gasteiger partial charge on any atom is 0.323 e. The molecule has 1 amide bonds. The quantitative estimate of drug-likeness (QED) is 0.228. The van der Waals surface area contributed by atoms with Gasteiger partial charge in [0.15, 0.2) is 0 Å². The number of amidine groups is 1. The van der Waals surface area contributed by atoms with E-state index in [0.717, 1.165) is 5.56 Å². The maximum absolute atomic E-state index is 12.5. The molecule has 0 radical (unpaired) electrons. The number of carbonyl (C=O) groups excluding carboxylic acids is 1. The molecule has 13 heteroatoms. The van der Waals surface area contributed by atoms with E-state index in [2.05, 4.69) is 15.2 Å². The molecule has 2 atom stereocenters. The van der Waals surface area contributed by atoms with Crippen LogP contribution >= 0.6 is 12.4 Å². The minimum Gasteiger partial charge on any atom is -0.480 e. The molecule has 1 aliphatic rings. The molecule has 3 rings (SSSR count). The number of nitrogens with two attached hydrogens (primary N) is 1. The van der Waals surface area contributed by atoms with Crippen molar-refractivity contribution in [3.8, 4) is 0 Å². The number of halogens is 1. The predicted octanol–water partition coefficient (Wildman–Crippen LogP) is 1.13. The van der Waals surface area contributed by atoms with Crippen LogP contribution < -0.4 is 15.8 Å². The molecule has 11 nitrogen and oxygen atoms in total. The van der Waals surface area contributed by atoms with Crippen LogP contribution in [0.2, 0.25) is 0 Å². The number of amides is 1. The van der Waals surface area contributed by atoms with Gasteiger partial charge in [-0.25, -0.2) is 8.42 Å². The van der Waals surface area contributed by atoms with Crippen LogP contribution in [-0.2, 0) is 24.4 Å². The van der Waals surface area contributed by atoms with Gasteiger partial charge in [-0.1, -0.05) is 41.6 Å². The van der Waals surface area contributed by atoms with Crippen molar-refractivity contribution in [1.29, 1.82) is 5.41 Å². The first-order valence-electron chi connectivity index (χ1n) is 10.3. The van der Waals surface area contributed by atoms with E-state index >= 15 is 0 Å². The van der Waals surface area contributed by atoms with Crippen LogP contribution in [0.1, 0.15) is 29.5 Å². The highest BCUT2D eigenvalue weighted by atomic mass is 35.5. The number of benzene rings is 2. The lowest BCUT2D eigenvalue weighted by molar-refractivity contribution is -0.138. The van der Waals surface area contributed by atoms with E-state index in [-0.39, 0.29) is 29.6 Å². The summed E-state index contributed by atoms with van der Waals surface area (Å²) in [6.07, 6.45) is -0.278. The Balaban J connectivity index is 0.00000432. The molecule has 0 saturated carbocycles. The third-order valence-electron chi connectivity index (χ3n) is 5.07. The molecule has 188 valence electrons. The third kappa shape index (κ3) is 7.50. The van der Waals surface area contributed by atoms with Crippen molar-refractivity contribution in [3.05, 3.63) is 65.2 Å². The second-order valence-electron chi connectivity index (χ2n) is 7.80. The normalized spacial score (nSPS) is 15.8. The van der Waals surface area contributed by atoms with Crippen LogP contribution in [0.4, 0.5) is 0 Å². The van der Waals surface area contributed by atoms with E-state index in [1.54, 1.807) is 43.3 Å². The molecule has 1 heterocycles. The largest absolute Gasteiger partial charge is 0.480 e. The summed E-state index contributed by atoms with van der Waals surface area (Å²) < 4.78 is 27.1. The fourth-order valence-electron chi connectivity index (χ4n) is 3.26. The average Bonchev–Trinajstić information content (AvgIpc) is 3.25. The summed E-state index contributed by atoms with van der Waals surface area (Å²) >= 11 is 0. The smallest absolute Gasteiger partial charge is 0.323 e. The molecule has 6 N–H and O–H groups in total. The Hall–Kier alpha value is -3.48. The Morgan fingerprint density at radius 3 is 2.54 bits per heavy atom. The van der Waals surface area contributed by atoms with E-state index in [1.807, 2.05) is 0 Å². The minimum atomic E-state index is -4.09. The zero-order valence-corrected chi connectivity index (χ0v) is 20.4. The van der Waals surface area contributed by atoms with Crippen LogP contribution in [0.15, 0.2) is 58.6 Å². The summed E-state index contributed by atoms with van der Waals surface area (Å²) in [4.78, 5) is 29.1. The van der Waals surface area contributed by atoms with Gasteiger partial charge < -0.3 is 21.0 Å². The summed E-state index contributed by atoms with van der Waals surface area (Å²) in [7, 11) is -4.09. The van der Waals surface area contributed by atoms with Gasteiger partial charge in [-0.05, 0) is 30.2 Å². The number of nitrogens with zero attached hydrogens (tertiary/aromatic N) is 1. The Morgan fingerprint density at radius 2 is 1.94 bits per heavy atom. The Labute approximate surface area is 208 Å². The topological polar surface area (TPSA) is 184 Å². The van der Waals surface area contributed by atoms with Crippen LogP contribution in [0.25, 0.3) is 0 Å². The van der Waals surface area contributed by atoms with Crippen molar-refractivity contribution < 1.29 is 28.0 Å². The van der Waals surface area contributed by atoms with Crippen LogP contribution in [0.5, 0.6) is 0 Å². The molecule has 0 unspecified atom stereocenters. The lowest BCUT2D eigenvalue weighted by atomic mass is 10.0. The lowest BCUT2D eigenvalue weighted by Gasteiger charge is -2.16. The first-order chi connectivity index (χ1) is 16.0. The van der Waals surface area contributed by atoms with E-state index in [9.17, 15) is 23.1 Å². The fourth-order valence-corrected chi connectivity index (χ4v) is 4.56. The molecule has 0 bridgehead atoms. The van der Waals surface area contributed by atoms with Gasteiger partial charge in [-0.3, -0.25) is 15.0 Å². The number of nitrogens with one attached hydrogen (secondary N) is 3. The van der Waals surface area contributed by atoms with E-state index in [1.165, 1.54) is 12.1 Å². The zero-order chi connectivity index (χ0) is 24.9. The number of carboxylic acid groups (broad SMARTS) is 1. The molecule has 0 aromatic heterocycles. The van der Waals surface area contributed by atoms with E-state index < -0.39 is 40.6 Å². The van der Waals surface area contributed by atoms with Crippen molar-refractivity contribution in [3.63, 3.8) is 0 Å². The first-order valence-corrected chi connectivity index (χ1v) is 11.8. The number of aryl methyl sites for hydroxylation is 1. The molecule has 0 spiro atoms. The van der Waals surface area contributed by atoms with Crippen molar-refractivity contribution >= 4 is 45.9 Å². The number of oxime groups is 1. The SMILES string of the molecule is Cc1cccc(S(=O)(=O)N[C@@H](CNC(=O)C[C@@H]2CC(c3ccc(C(=N)N)cc3)=NO2)C(=O)O)c1.Cl. The van der Waals surface area contributed by atoms with Crippen molar-refractivity contribution in [1.82, 2.24) is 10.0 Å². The first kappa shape index (κ1) is 27.8. The Morgan fingerprint density at radius 1 is 1.26 bits per heavy atom. The van der Waals surface area contributed by atoms with Crippen LogP contribution in [-0.4, -0.2) is 55.6 Å². The highest BCUT2D eigenvalue weighted by molar-refractivity contribution is 7.89. The minimum absolute atomic E-state index is 0. The highest BCUT2D eigenvalue weighted by Crippen LogP contribution is 2.19. The molecule has 35 heavy (non-hydrogen) atoms. The van der Waals surface area contributed by atoms with Gasteiger partial charge in [-0.15, -0.1) is 12.4 Å². The molecule has 0 aliphatic carbocycles. The summed E-state index contributed by atoms with van der Waals surface area (Å²) in [6.45, 7) is 1.28. The number of carbonyl (C=O) groups is 2. The molecule has 0 saturated heterocycles. The fraction of sp³-hybridized carbons (Fsp3) is 0.273. The number of carboxylic acids is 1. The maximum atomic E-state index is 12.5. The van der Waals surface area contributed by atoms with Gasteiger partial charge in [0.1, 0.15) is 18.0 Å². The lowest BCUT2D eigenvalue weighted by Crippen LogP contribution is -2.48. The molecule has 2 aromatic carbocycles.